The number of esters is 1. The molecule has 0 bridgehead atoms. The van der Waals surface area contributed by atoms with Gasteiger partial charge in [-0.2, -0.15) is 0 Å². The highest BCUT2D eigenvalue weighted by Gasteiger charge is 2.40. The highest BCUT2D eigenvalue weighted by molar-refractivity contribution is 5.82. The van der Waals surface area contributed by atoms with Crippen molar-refractivity contribution in [3.05, 3.63) is 114 Å². The summed E-state index contributed by atoms with van der Waals surface area (Å²) in [4.78, 5) is 12.3. The fourth-order valence-electron chi connectivity index (χ4n) is 3.04. The Hall–Kier alpha value is -3.33. The van der Waals surface area contributed by atoms with Crippen LogP contribution in [-0.2, 0) is 15.1 Å². The normalized spacial score (nSPS) is 10.8. The molecule has 0 heterocycles. The molecular formula is C23H20O3. The molecule has 0 saturated carbocycles. The van der Waals surface area contributed by atoms with Gasteiger partial charge in [-0.25, -0.2) is 4.79 Å². The van der Waals surface area contributed by atoms with E-state index in [4.69, 9.17) is 9.47 Å². The zero-order chi connectivity index (χ0) is 18.4. The van der Waals surface area contributed by atoms with Crippen molar-refractivity contribution in [3.8, 4) is 5.75 Å². The highest BCUT2D eigenvalue weighted by Crippen LogP contribution is 2.41. The Morgan fingerprint density at radius 2 is 1.27 bits per heavy atom. The first kappa shape index (κ1) is 17.5. The van der Waals surface area contributed by atoms with Gasteiger partial charge in [0.2, 0.25) is 0 Å². The highest BCUT2D eigenvalue weighted by atomic mass is 16.6. The van der Waals surface area contributed by atoms with Crippen LogP contribution >= 0.6 is 0 Å². The number of carbonyl (C=O) groups is 1. The number of ether oxygens (including phenoxy) is 2. The van der Waals surface area contributed by atoms with E-state index in [1.165, 1.54) is 6.08 Å². The van der Waals surface area contributed by atoms with Gasteiger partial charge in [0, 0.05) is 22.8 Å². The lowest BCUT2D eigenvalue weighted by Crippen LogP contribution is -2.34. The largest absolute Gasteiger partial charge is 0.497 e. The summed E-state index contributed by atoms with van der Waals surface area (Å²) in [5, 5.41) is 0. The molecule has 0 aliphatic carbocycles. The Balaban J connectivity index is 2.30. The van der Waals surface area contributed by atoms with Gasteiger partial charge >= 0.3 is 5.97 Å². The van der Waals surface area contributed by atoms with Crippen molar-refractivity contribution in [2.24, 2.45) is 0 Å². The van der Waals surface area contributed by atoms with Gasteiger partial charge in [0.25, 0.3) is 0 Å². The van der Waals surface area contributed by atoms with Crippen LogP contribution < -0.4 is 4.74 Å². The number of carbonyl (C=O) groups excluding carboxylic acids is 1. The molecule has 0 amide bonds. The fraction of sp³-hybridized carbons (Fsp3) is 0.0870. The van der Waals surface area contributed by atoms with Crippen LogP contribution in [0.2, 0.25) is 0 Å². The third-order valence-corrected chi connectivity index (χ3v) is 4.28. The molecule has 0 saturated heterocycles. The molecule has 0 aliphatic rings. The Morgan fingerprint density at radius 3 is 1.69 bits per heavy atom. The molecule has 3 heteroatoms. The van der Waals surface area contributed by atoms with Gasteiger partial charge in [-0.05, 0) is 12.1 Å². The van der Waals surface area contributed by atoms with E-state index in [9.17, 15) is 4.79 Å². The second-order valence-corrected chi connectivity index (χ2v) is 5.77. The van der Waals surface area contributed by atoms with E-state index in [1.807, 2.05) is 84.9 Å². The van der Waals surface area contributed by atoms with Crippen LogP contribution in [0.3, 0.4) is 0 Å². The van der Waals surface area contributed by atoms with Gasteiger partial charge in [-0.3, -0.25) is 0 Å². The minimum atomic E-state index is -1.08. The Labute approximate surface area is 153 Å². The van der Waals surface area contributed by atoms with Crippen molar-refractivity contribution in [3.63, 3.8) is 0 Å². The fourth-order valence-corrected chi connectivity index (χ4v) is 3.04. The topological polar surface area (TPSA) is 35.5 Å². The van der Waals surface area contributed by atoms with E-state index in [2.05, 4.69) is 6.58 Å². The lowest BCUT2D eigenvalue weighted by molar-refractivity contribution is -0.147. The van der Waals surface area contributed by atoms with Crippen molar-refractivity contribution < 1.29 is 14.3 Å². The molecule has 0 fully saturated rings. The molecule has 0 radical (unpaired) electrons. The monoisotopic (exact) mass is 344 g/mol. The molecule has 0 atom stereocenters. The van der Waals surface area contributed by atoms with E-state index in [1.54, 1.807) is 7.11 Å². The van der Waals surface area contributed by atoms with E-state index in [0.29, 0.717) is 0 Å². The average Bonchev–Trinajstić information content (AvgIpc) is 2.73. The maximum atomic E-state index is 12.3. The first-order valence-electron chi connectivity index (χ1n) is 8.31. The zero-order valence-corrected chi connectivity index (χ0v) is 14.6. The summed E-state index contributed by atoms with van der Waals surface area (Å²) in [6.07, 6.45) is 1.18. The zero-order valence-electron chi connectivity index (χ0n) is 14.6. The van der Waals surface area contributed by atoms with Crippen molar-refractivity contribution >= 4 is 5.97 Å². The molecule has 0 unspecified atom stereocenters. The first-order valence-corrected chi connectivity index (χ1v) is 8.31. The molecule has 0 N–H and O–H groups in total. The predicted octanol–water partition coefficient (Wildman–Crippen LogP) is 4.72. The van der Waals surface area contributed by atoms with E-state index in [-0.39, 0.29) is 0 Å². The quantitative estimate of drug-likeness (QED) is 0.369. The predicted molar refractivity (Wildman–Crippen MR) is 102 cm³/mol. The summed E-state index contributed by atoms with van der Waals surface area (Å²) < 4.78 is 11.3. The summed E-state index contributed by atoms with van der Waals surface area (Å²) >= 11 is 0. The standard InChI is InChI=1S/C23H20O3/c1-3-22(24)26-23(18-10-6-4-7-11-18,19-12-8-5-9-13-19)20-14-16-21(25-2)17-15-20/h3-17H,1H2,2H3. The van der Waals surface area contributed by atoms with Gasteiger partial charge in [0.1, 0.15) is 5.75 Å². The maximum absolute atomic E-state index is 12.3. The average molecular weight is 344 g/mol. The van der Waals surface area contributed by atoms with Crippen molar-refractivity contribution in [2.45, 2.75) is 5.60 Å². The maximum Gasteiger partial charge on any atom is 0.331 e. The summed E-state index contributed by atoms with van der Waals surface area (Å²) in [5.41, 5.74) is 1.45. The van der Waals surface area contributed by atoms with Crippen LogP contribution in [-0.4, -0.2) is 13.1 Å². The van der Waals surface area contributed by atoms with Crippen molar-refractivity contribution in [2.75, 3.05) is 7.11 Å². The molecule has 0 aromatic heterocycles. The van der Waals surface area contributed by atoms with E-state index >= 15 is 0 Å². The number of rotatable bonds is 6. The number of hydrogen-bond donors (Lipinski definition) is 0. The molecule has 3 nitrogen and oxygen atoms in total. The molecule has 3 aromatic rings. The van der Waals surface area contributed by atoms with Crippen molar-refractivity contribution in [1.29, 1.82) is 0 Å². The molecule has 26 heavy (non-hydrogen) atoms. The van der Waals surface area contributed by atoms with Crippen LogP contribution in [0, 0.1) is 0 Å². The Morgan fingerprint density at radius 1 is 0.808 bits per heavy atom. The molecule has 130 valence electrons. The summed E-state index contributed by atoms with van der Waals surface area (Å²) in [7, 11) is 1.62. The van der Waals surface area contributed by atoms with Crippen molar-refractivity contribution in [1.82, 2.24) is 0 Å². The molecule has 0 aliphatic heterocycles. The van der Waals surface area contributed by atoms with Gasteiger partial charge < -0.3 is 9.47 Å². The third-order valence-electron chi connectivity index (χ3n) is 4.28. The van der Waals surface area contributed by atoms with Gasteiger partial charge in [0.15, 0.2) is 5.60 Å². The van der Waals surface area contributed by atoms with Crippen LogP contribution in [0.25, 0.3) is 0 Å². The van der Waals surface area contributed by atoms with E-state index < -0.39 is 11.6 Å². The molecule has 3 aromatic carbocycles. The lowest BCUT2D eigenvalue weighted by Gasteiger charge is -2.35. The molecular weight excluding hydrogens is 324 g/mol. The third kappa shape index (κ3) is 3.24. The van der Waals surface area contributed by atoms with Crippen LogP contribution in [0.4, 0.5) is 0 Å². The minimum absolute atomic E-state index is 0.492. The Kier molecular flexibility index (Phi) is 5.18. The SMILES string of the molecule is C=CC(=O)OC(c1ccccc1)(c1ccccc1)c1ccc(OC)cc1. The second kappa shape index (κ2) is 7.70. The second-order valence-electron chi connectivity index (χ2n) is 5.77. The van der Waals surface area contributed by atoms with Gasteiger partial charge in [0.05, 0.1) is 7.11 Å². The summed E-state index contributed by atoms with van der Waals surface area (Å²) in [6.45, 7) is 3.56. The number of benzene rings is 3. The molecule has 3 rings (SSSR count). The first-order chi connectivity index (χ1) is 12.7. The lowest BCUT2D eigenvalue weighted by atomic mass is 9.80. The van der Waals surface area contributed by atoms with Gasteiger partial charge in [-0.1, -0.05) is 79.4 Å². The van der Waals surface area contributed by atoms with Gasteiger partial charge in [-0.15, -0.1) is 0 Å². The van der Waals surface area contributed by atoms with Crippen LogP contribution in [0.5, 0.6) is 5.75 Å². The number of hydrogen-bond acceptors (Lipinski definition) is 3. The summed E-state index contributed by atoms with van der Waals surface area (Å²) in [5.74, 6) is 0.243. The summed E-state index contributed by atoms with van der Waals surface area (Å²) in [6, 6.07) is 26.9. The van der Waals surface area contributed by atoms with E-state index in [0.717, 1.165) is 22.4 Å². The van der Waals surface area contributed by atoms with Crippen LogP contribution in [0.1, 0.15) is 16.7 Å². The number of methoxy groups -OCH3 is 1. The smallest absolute Gasteiger partial charge is 0.331 e. The minimum Gasteiger partial charge on any atom is -0.497 e. The Bertz CT molecular complexity index is 829. The van der Waals surface area contributed by atoms with Crippen LogP contribution in [0.15, 0.2) is 97.6 Å². The molecule has 0 spiro atoms.